The van der Waals surface area contributed by atoms with Crippen LogP contribution in [-0.4, -0.2) is 16.2 Å². The first-order valence-corrected chi connectivity index (χ1v) is 4.62. The molecule has 1 aromatic rings. The molecule has 5 heteroatoms. The van der Waals surface area contributed by atoms with Crippen LogP contribution in [0.5, 0.6) is 0 Å². The largest absolute Gasteiger partial charge is 0.358 e. The lowest BCUT2D eigenvalue weighted by Crippen LogP contribution is -2.38. The summed E-state index contributed by atoms with van der Waals surface area (Å²) >= 11 is 0. The molecule has 1 saturated heterocycles. The van der Waals surface area contributed by atoms with Crippen LogP contribution in [0.25, 0.3) is 0 Å². The summed E-state index contributed by atoms with van der Waals surface area (Å²) in [5.41, 5.74) is -0.131. The molecule has 0 amide bonds. The van der Waals surface area contributed by atoms with Crippen LogP contribution in [0.1, 0.15) is 24.6 Å². The molecule has 1 aliphatic rings. The molecule has 1 aromatic heterocycles. The Morgan fingerprint density at radius 3 is 3.00 bits per heavy atom. The molecule has 1 atom stereocenters. The number of rotatable bonds is 1. The van der Waals surface area contributed by atoms with E-state index in [1.54, 1.807) is 6.92 Å². The van der Waals surface area contributed by atoms with Crippen LogP contribution in [0.15, 0.2) is 15.8 Å². The molecule has 14 heavy (non-hydrogen) atoms. The first-order valence-electron chi connectivity index (χ1n) is 4.62. The Labute approximate surface area is 80.3 Å². The maximum absolute atomic E-state index is 11.6. The maximum Gasteiger partial charge on any atom is 0.330 e. The molecule has 0 spiro atoms. The highest BCUT2D eigenvalue weighted by Crippen LogP contribution is 2.19. The number of H-pyrrole nitrogens is 1. The van der Waals surface area contributed by atoms with Crippen LogP contribution >= 0.6 is 0 Å². The van der Waals surface area contributed by atoms with Crippen molar-refractivity contribution in [2.45, 2.75) is 26.0 Å². The summed E-state index contributed by atoms with van der Waals surface area (Å²) < 4.78 is 6.45. The van der Waals surface area contributed by atoms with E-state index in [1.807, 2.05) is 0 Å². The number of hydrogen-bond donors (Lipinski definition) is 1. The second-order valence-corrected chi connectivity index (χ2v) is 3.42. The van der Waals surface area contributed by atoms with Crippen LogP contribution in [-0.2, 0) is 4.74 Å². The van der Waals surface area contributed by atoms with Gasteiger partial charge in [-0.1, -0.05) is 0 Å². The summed E-state index contributed by atoms with van der Waals surface area (Å²) in [6.07, 6.45) is 2.67. The molecule has 0 radical (unpaired) electrons. The summed E-state index contributed by atoms with van der Waals surface area (Å²) in [4.78, 5) is 25.6. The zero-order valence-electron chi connectivity index (χ0n) is 7.95. The molecule has 2 rings (SSSR count). The molecule has 2 heterocycles. The Hall–Kier alpha value is -1.36. The topological polar surface area (TPSA) is 64.1 Å². The van der Waals surface area contributed by atoms with E-state index in [0.29, 0.717) is 12.2 Å². The SMILES string of the molecule is Cc1c[nH]c(=O)n(C2CCCO2)c1=O. The van der Waals surface area contributed by atoms with Crippen LogP contribution in [0.3, 0.4) is 0 Å². The van der Waals surface area contributed by atoms with Gasteiger partial charge in [-0.25, -0.2) is 9.36 Å². The van der Waals surface area contributed by atoms with Gasteiger partial charge in [0.15, 0.2) is 0 Å². The quantitative estimate of drug-likeness (QED) is 0.695. The van der Waals surface area contributed by atoms with E-state index >= 15 is 0 Å². The fraction of sp³-hybridized carbons (Fsp3) is 0.556. The average Bonchev–Trinajstić information content (AvgIpc) is 2.65. The first-order chi connectivity index (χ1) is 6.70. The predicted molar refractivity (Wildman–Crippen MR) is 50.3 cm³/mol. The van der Waals surface area contributed by atoms with Gasteiger partial charge in [-0.05, 0) is 19.8 Å². The average molecular weight is 196 g/mol. The van der Waals surface area contributed by atoms with Crippen molar-refractivity contribution in [3.63, 3.8) is 0 Å². The Balaban J connectivity index is 2.55. The lowest BCUT2D eigenvalue weighted by Gasteiger charge is -2.11. The van der Waals surface area contributed by atoms with E-state index in [2.05, 4.69) is 4.98 Å². The smallest absolute Gasteiger partial charge is 0.330 e. The molecular weight excluding hydrogens is 184 g/mol. The summed E-state index contributed by atoms with van der Waals surface area (Å²) in [7, 11) is 0. The van der Waals surface area contributed by atoms with E-state index in [-0.39, 0.29) is 11.8 Å². The van der Waals surface area contributed by atoms with Crippen LogP contribution in [0, 0.1) is 6.92 Å². The van der Waals surface area contributed by atoms with E-state index in [0.717, 1.165) is 17.4 Å². The van der Waals surface area contributed by atoms with Gasteiger partial charge >= 0.3 is 5.69 Å². The van der Waals surface area contributed by atoms with Gasteiger partial charge in [0.1, 0.15) is 6.23 Å². The number of aromatic nitrogens is 2. The summed E-state index contributed by atoms with van der Waals surface area (Å²) in [5, 5.41) is 0. The van der Waals surface area contributed by atoms with E-state index in [4.69, 9.17) is 4.74 Å². The number of hydrogen-bond acceptors (Lipinski definition) is 3. The van der Waals surface area contributed by atoms with Gasteiger partial charge in [-0.3, -0.25) is 4.79 Å². The van der Waals surface area contributed by atoms with Crippen LogP contribution in [0.2, 0.25) is 0 Å². The molecular formula is C9H12N2O3. The second-order valence-electron chi connectivity index (χ2n) is 3.42. The highest BCUT2D eigenvalue weighted by Gasteiger charge is 2.21. The number of nitrogens with one attached hydrogen (secondary N) is 1. The lowest BCUT2D eigenvalue weighted by molar-refractivity contribution is 0.0500. The van der Waals surface area contributed by atoms with Gasteiger partial charge in [-0.15, -0.1) is 0 Å². The van der Waals surface area contributed by atoms with E-state index < -0.39 is 5.69 Å². The minimum atomic E-state index is -0.396. The fourth-order valence-electron chi connectivity index (χ4n) is 1.61. The Kier molecular flexibility index (Phi) is 2.25. The third-order valence-corrected chi connectivity index (χ3v) is 2.38. The van der Waals surface area contributed by atoms with Gasteiger partial charge in [-0.2, -0.15) is 0 Å². The fourth-order valence-corrected chi connectivity index (χ4v) is 1.61. The standard InChI is InChI=1S/C9H12N2O3/c1-6-5-10-9(13)11(8(6)12)7-3-2-4-14-7/h5,7H,2-4H2,1H3,(H,10,13). The van der Waals surface area contributed by atoms with Gasteiger partial charge in [0.25, 0.3) is 5.56 Å². The summed E-state index contributed by atoms with van der Waals surface area (Å²) in [6.45, 7) is 2.29. The highest BCUT2D eigenvalue weighted by atomic mass is 16.5. The number of aryl methyl sites for hydroxylation is 1. The molecule has 0 saturated carbocycles. The molecule has 1 N–H and O–H groups in total. The molecule has 76 valence electrons. The third-order valence-electron chi connectivity index (χ3n) is 2.38. The molecule has 0 aromatic carbocycles. The van der Waals surface area contributed by atoms with E-state index in [9.17, 15) is 9.59 Å². The van der Waals surface area contributed by atoms with Crippen molar-refractivity contribution in [1.82, 2.24) is 9.55 Å². The normalized spacial score (nSPS) is 21.4. The van der Waals surface area contributed by atoms with Crippen LogP contribution < -0.4 is 11.2 Å². The van der Waals surface area contributed by atoms with Gasteiger partial charge in [0.05, 0.1) is 0 Å². The maximum atomic E-state index is 11.6. The summed E-state index contributed by atoms with van der Waals surface area (Å²) in [5.74, 6) is 0. The van der Waals surface area contributed by atoms with Crippen molar-refractivity contribution in [3.8, 4) is 0 Å². The van der Waals surface area contributed by atoms with Crippen molar-refractivity contribution in [2.75, 3.05) is 6.61 Å². The van der Waals surface area contributed by atoms with Gasteiger partial charge in [0.2, 0.25) is 0 Å². The third kappa shape index (κ3) is 1.39. The Morgan fingerprint density at radius 2 is 2.36 bits per heavy atom. The van der Waals surface area contributed by atoms with Crippen molar-refractivity contribution in [3.05, 3.63) is 32.6 Å². The second kappa shape index (κ2) is 3.42. The minimum Gasteiger partial charge on any atom is -0.358 e. The van der Waals surface area contributed by atoms with Crippen molar-refractivity contribution in [1.29, 1.82) is 0 Å². The molecule has 1 fully saturated rings. The number of ether oxygens (including phenoxy) is 1. The zero-order chi connectivity index (χ0) is 10.1. The molecule has 0 aliphatic carbocycles. The van der Waals surface area contributed by atoms with E-state index in [1.165, 1.54) is 6.20 Å². The first kappa shape index (κ1) is 9.21. The minimum absolute atomic E-state index is 0.263. The Morgan fingerprint density at radius 1 is 1.57 bits per heavy atom. The molecule has 1 aliphatic heterocycles. The molecule has 0 bridgehead atoms. The van der Waals surface area contributed by atoms with Gasteiger partial charge in [0, 0.05) is 18.4 Å². The lowest BCUT2D eigenvalue weighted by atomic mass is 10.3. The summed E-state index contributed by atoms with van der Waals surface area (Å²) in [6, 6.07) is 0. The van der Waals surface area contributed by atoms with Crippen molar-refractivity contribution in [2.24, 2.45) is 0 Å². The monoisotopic (exact) mass is 196 g/mol. The van der Waals surface area contributed by atoms with Gasteiger partial charge < -0.3 is 9.72 Å². The Bertz CT molecular complexity index is 440. The molecule has 5 nitrogen and oxygen atoms in total. The highest BCUT2D eigenvalue weighted by molar-refractivity contribution is 5.01. The van der Waals surface area contributed by atoms with Crippen LogP contribution in [0.4, 0.5) is 0 Å². The van der Waals surface area contributed by atoms with Crippen molar-refractivity contribution < 1.29 is 4.74 Å². The van der Waals surface area contributed by atoms with Crippen molar-refractivity contribution >= 4 is 0 Å². The number of nitrogens with zero attached hydrogens (tertiary/aromatic N) is 1. The molecule has 1 unspecified atom stereocenters. The number of aromatic amines is 1. The predicted octanol–water partition coefficient (Wildman–Crippen LogP) is 0.154. The zero-order valence-corrected chi connectivity index (χ0v) is 7.95.